The zero-order valence-corrected chi connectivity index (χ0v) is 15.6. The summed E-state index contributed by atoms with van der Waals surface area (Å²) in [4.78, 5) is 25.3. The number of carbonyl (C=O) groups excluding carboxylic acids is 1. The number of rotatable bonds is 8. The van der Waals surface area contributed by atoms with Crippen LogP contribution in [-0.4, -0.2) is 61.4 Å². The van der Waals surface area contributed by atoms with Gasteiger partial charge in [0, 0.05) is 13.1 Å². The average Bonchev–Trinajstić information content (AvgIpc) is 3.09. The zero-order chi connectivity index (χ0) is 18.4. The molecule has 2 unspecified atom stereocenters. The van der Waals surface area contributed by atoms with E-state index in [4.69, 9.17) is 5.11 Å². The quantitative estimate of drug-likeness (QED) is 0.691. The molecule has 1 aliphatic rings. The summed E-state index contributed by atoms with van der Waals surface area (Å²) in [7, 11) is -3.82. The van der Waals surface area contributed by atoms with Gasteiger partial charge in [-0.15, -0.1) is 0 Å². The van der Waals surface area contributed by atoms with Crippen molar-refractivity contribution in [2.75, 3.05) is 25.1 Å². The Labute approximate surface area is 151 Å². The first-order valence-corrected chi connectivity index (χ1v) is 10.8. The molecule has 0 aliphatic carbocycles. The number of amides is 1. The van der Waals surface area contributed by atoms with E-state index in [-0.39, 0.29) is 17.3 Å². The third kappa shape index (κ3) is 5.20. The van der Waals surface area contributed by atoms with Gasteiger partial charge >= 0.3 is 5.97 Å². The summed E-state index contributed by atoms with van der Waals surface area (Å²) >= 11 is 1.52. The van der Waals surface area contributed by atoms with Crippen molar-refractivity contribution in [2.24, 2.45) is 5.92 Å². The normalized spacial score (nSPS) is 18.9. The largest absolute Gasteiger partial charge is 0.481 e. The van der Waals surface area contributed by atoms with Crippen LogP contribution in [0.4, 0.5) is 0 Å². The molecule has 9 heteroatoms. The molecule has 0 spiro atoms. The van der Waals surface area contributed by atoms with Gasteiger partial charge in [-0.1, -0.05) is 18.2 Å². The second-order valence-corrected chi connectivity index (χ2v) is 8.58. The molecular weight excluding hydrogens is 364 g/mol. The second-order valence-electron chi connectivity index (χ2n) is 5.88. The van der Waals surface area contributed by atoms with Crippen molar-refractivity contribution < 1.29 is 23.1 Å². The molecule has 2 atom stereocenters. The summed E-state index contributed by atoms with van der Waals surface area (Å²) in [6.45, 7) is 0.454. The first kappa shape index (κ1) is 19.7. The molecule has 1 heterocycles. The molecule has 0 aromatic heterocycles. The van der Waals surface area contributed by atoms with Crippen LogP contribution >= 0.6 is 11.8 Å². The van der Waals surface area contributed by atoms with Crippen molar-refractivity contribution in [3.8, 4) is 0 Å². The lowest BCUT2D eigenvalue weighted by atomic mass is 10.1. The van der Waals surface area contributed by atoms with E-state index in [2.05, 4.69) is 4.72 Å². The lowest BCUT2D eigenvalue weighted by Gasteiger charge is -2.24. The Morgan fingerprint density at radius 3 is 2.60 bits per heavy atom. The molecule has 25 heavy (non-hydrogen) atoms. The highest BCUT2D eigenvalue weighted by atomic mass is 32.2. The third-order valence-corrected chi connectivity index (χ3v) is 6.24. The summed E-state index contributed by atoms with van der Waals surface area (Å²) < 4.78 is 27.5. The van der Waals surface area contributed by atoms with Crippen LogP contribution in [0.25, 0.3) is 0 Å². The maximum atomic E-state index is 12.7. The average molecular weight is 386 g/mol. The Kier molecular flexibility index (Phi) is 6.86. The number of likely N-dealkylation sites (tertiary alicyclic amines) is 1. The molecule has 1 aromatic carbocycles. The van der Waals surface area contributed by atoms with Crippen molar-refractivity contribution in [1.82, 2.24) is 9.62 Å². The van der Waals surface area contributed by atoms with E-state index in [1.54, 1.807) is 18.2 Å². The number of thioether (sulfide) groups is 1. The predicted octanol–water partition coefficient (Wildman–Crippen LogP) is 1.02. The Balaban J connectivity index is 2.13. The molecule has 0 saturated carbocycles. The number of nitrogens with one attached hydrogen (secondary N) is 1. The van der Waals surface area contributed by atoms with Crippen LogP contribution in [0.3, 0.4) is 0 Å². The van der Waals surface area contributed by atoms with Crippen molar-refractivity contribution in [3.05, 3.63) is 30.3 Å². The van der Waals surface area contributed by atoms with Gasteiger partial charge in [0.15, 0.2) is 0 Å². The van der Waals surface area contributed by atoms with Crippen LogP contribution in [0.2, 0.25) is 0 Å². The Morgan fingerprint density at radius 1 is 1.36 bits per heavy atom. The number of carboxylic acid groups (broad SMARTS) is 1. The molecule has 1 fully saturated rings. The van der Waals surface area contributed by atoms with E-state index >= 15 is 0 Å². The van der Waals surface area contributed by atoms with E-state index in [0.29, 0.717) is 25.1 Å². The molecule has 2 N–H and O–H groups in total. The third-order valence-electron chi connectivity index (χ3n) is 4.11. The number of hydrogen-bond acceptors (Lipinski definition) is 5. The topological polar surface area (TPSA) is 104 Å². The zero-order valence-electron chi connectivity index (χ0n) is 13.9. The summed E-state index contributed by atoms with van der Waals surface area (Å²) in [6.07, 6.45) is 2.62. The number of carbonyl (C=O) groups is 2. The number of hydrogen-bond donors (Lipinski definition) is 2. The van der Waals surface area contributed by atoms with Crippen molar-refractivity contribution >= 4 is 33.7 Å². The first-order chi connectivity index (χ1) is 11.8. The highest BCUT2D eigenvalue weighted by Crippen LogP contribution is 2.19. The molecule has 1 saturated heterocycles. The number of aliphatic carboxylic acids is 1. The monoisotopic (exact) mass is 386 g/mol. The van der Waals surface area contributed by atoms with Crippen molar-refractivity contribution in [2.45, 2.75) is 23.8 Å². The van der Waals surface area contributed by atoms with E-state index in [1.165, 1.54) is 28.8 Å². The van der Waals surface area contributed by atoms with Crippen LogP contribution < -0.4 is 4.72 Å². The van der Waals surface area contributed by atoms with Gasteiger partial charge in [-0.3, -0.25) is 9.59 Å². The Hall–Kier alpha value is -1.58. The highest BCUT2D eigenvalue weighted by molar-refractivity contribution is 7.98. The molecule has 138 valence electrons. The lowest BCUT2D eigenvalue weighted by Crippen LogP contribution is -2.48. The molecule has 0 radical (unpaired) electrons. The standard InChI is InChI=1S/C16H22N2O5S2/c1-24-10-8-14(15(19)18-9-7-12(11-18)16(20)21)17-25(22,23)13-5-3-2-4-6-13/h2-6,12,14,17H,7-11H2,1H3,(H,20,21). The minimum absolute atomic E-state index is 0.0989. The summed E-state index contributed by atoms with van der Waals surface area (Å²) in [5, 5.41) is 9.08. The highest BCUT2D eigenvalue weighted by Gasteiger charge is 2.35. The fourth-order valence-corrected chi connectivity index (χ4v) is 4.42. The molecule has 2 rings (SSSR count). The predicted molar refractivity (Wildman–Crippen MR) is 95.9 cm³/mol. The maximum Gasteiger partial charge on any atom is 0.308 e. The lowest BCUT2D eigenvalue weighted by molar-refractivity contribution is -0.141. The van der Waals surface area contributed by atoms with Crippen molar-refractivity contribution in [3.63, 3.8) is 0 Å². The van der Waals surface area contributed by atoms with E-state index in [9.17, 15) is 18.0 Å². The SMILES string of the molecule is CSCCC(NS(=O)(=O)c1ccccc1)C(=O)N1CCC(C(=O)O)C1. The van der Waals surface area contributed by atoms with Crippen LogP contribution in [0, 0.1) is 5.92 Å². The number of carboxylic acids is 1. The van der Waals surface area contributed by atoms with Gasteiger partial charge in [-0.2, -0.15) is 16.5 Å². The van der Waals surface area contributed by atoms with Gasteiger partial charge in [0.1, 0.15) is 6.04 Å². The van der Waals surface area contributed by atoms with Gasteiger partial charge in [0.05, 0.1) is 10.8 Å². The van der Waals surface area contributed by atoms with Crippen LogP contribution in [0.1, 0.15) is 12.8 Å². The molecule has 1 amide bonds. The van der Waals surface area contributed by atoms with Crippen LogP contribution in [0.15, 0.2) is 35.2 Å². The summed E-state index contributed by atoms with van der Waals surface area (Å²) in [5.74, 6) is -1.27. The second kappa shape index (κ2) is 8.68. The minimum atomic E-state index is -3.82. The van der Waals surface area contributed by atoms with Crippen LogP contribution in [0.5, 0.6) is 0 Å². The van der Waals surface area contributed by atoms with E-state index in [1.807, 2.05) is 6.26 Å². The molecule has 0 bridgehead atoms. The van der Waals surface area contributed by atoms with Gasteiger partial charge < -0.3 is 10.0 Å². The molecular formula is C16H22N2O5S2. The Morgan fingerprint density at radius 2 is 2.04 bits per heavy atom. The molecule has 7 nitrogen and oxygen atoms in total. The summed E-state index contributed by atoms with van der Waals surface area (Å²) in [5.41, 5.74) is 0. The minimum Gasteiger partial charge on any atom is -0.481 e. The van der Waals surface area contributed by atoms with Gasteiger partial charge in [-0.05, 0) is 37.0 Å². The number of benzene rings is 1. The molecule has 1 aromatic rings. The van der Waals surface area contributed by atoms with Gasteiger partial charge in [0.2, 0.25) is 15.9 Å². The van der Waals surface area contributed by atoms with Gasteiger partial charge in [0.25, 0.3) is 0 Å². The van der Waals surface area contributed by atoms with E-state index < -0.39 is 28.0 Å². The molecule has 1 aliphatic heterocycles. The summed E-state index contributed by atoms with van der Waals surface area (Å²) in [6, 6.07) is 6.98. The van der Waals surface area contributed by atoms with Gasteiger partial charge in [-0.25, -0.2) is 8.42 Å². The number of nitrogens with zero attached hydrogens (tertiary/aromatic N) is 1. The fraction of sp³-hybridized carbons (Fsp3) is 0.500. The fourth-order valence-electron chi connectivity index (χ4n) is 2.71. The first-order valence-electron chi connectivity index (χ1n) is 7.93. The van der Waals surface area contributed by atoms with Crippen molar-refractivity contribution in [1.29, 1.82) is 0 Å². The van der Waals surface area contributed by atoms with Crippen LogP contribution in [-0.2, 0) is 19.6 Å². The number of sulfonamides is 1. The smallest absolute Gasteiger partial charge is 0.308 e. The Bertz CT molecular complexity index is 708. The maximum absolute atomic E-state index is 12.7. The van der Waals surface area contributed by atoms with E-state index in [0.717, 1.165) is 0 Å².